The van der Waals surface area contributed by atoms with Crippen molar-refractivity contribution in [3.8, 4) is 0 Å². The van der Waals surface area contributed by atoms with Crippen molar-refractivity contribution >= 4 is 17.5 Å². The fraction of sp³-hybridized carbons (Fsp3) is 0.750. The van der Waals surface area contributed by atoms with Gasteiger partial charge in [0, 0.05) is 44.5 Å². The molecule has 22 heavy (non-hydrogen) atoms. The third-order valence-corrected chi connectivity index (χ3v) is 4.86. The molecule has 1 aliphatic heterocycles. The van der Waals surface area contributed by atoms with Crippen molar-refractivity contribution in [3.05, 3.63) is 16.9 Å². The molecule has 1 saturated heterocycles. The van der Waals surface area contributed by atoms with Gasteiger partial charge >= 0.3 is 0 Å². The van der Waals surface area contributed by atoms with Gasteiger partial charge in [-0.15, -0.1) is 0 Å². The summed E-state index contributed by atoms with van der Waals surface area (Å²) in [5.41, 5.74) is -0.0543. The predicted molar refractivity (Wildman–Crippen MR) is 87.5 cm³/mol. The Labute approximate surface area is 136 Å². The molecular formula is C16H24ClFN4. The Balaban J connectivity index is 1.60. The molecule has 1 aliphatic carbocycles. The topological polar surface area (TPSA) is 32.3 Å². The highest BCUT2D eigenvalue weighted by Gasteiger charge is 2.27. The number of alkyl halides is 1. The first kappa shape index (κ1) is 15.9. The molecule has 0 bridgehead atoms. The SMILES string of the molecule is CC(C)(F)CN1CCN(c2ncc(C3CCC3)c(Cl)n2)CC1. The molecule has 1 aromatic heterocycles. The molecule has 0 atom stereocenters. The lowest BCUT2D eigenvalue weighted by molar-refractivity contribution is 0.121. The summed E-state index contributed by atoms with van der Waals surface area (Å²) in [4.78, 5) is 13.3. The van der Waals surface area contributed by atoms with E-state index in [1.54, 1.807) is 13.8 Å². The van der Waals surface area contributed by atoms with E-state index in [0.717, 1.165) is 31.7 Å². The average molecular weight is 327 g/mol. The van der Waals surface area contributed by atoms with Crippen LogP contribution in [0.2, 0.25) is 5.15 Å². The van der Waals surface area contributed by atoms with Gasteiger partial charge in [-0.05, 0) is 32.6 Å². The minimum Gasteiger partial charge on any atom is -0.338 e. The van der Waals surface area contributed by atoms with Crippen LogP contribution in [0.25, 0.3) is 0 Å². The Bertz CT molecular complexity index is 519. The van der Waals surface area contributed by atoms with Crippen molar-refractivity contribution in [2.45, 2.75) is 44.7 Å². The van der Waals surface area contributed by atoms with Gasteiger partial charge in [0.1, 0.15) is 10.8 Å². The minimum atomic E-state index is -1.15. The third kappa shape index (κ3) is 3.69. The number of rotatable bonds is 4. The molecule has 1 saturated carbocycles. The van der Waals surface area contributed by atoms with Crippen molar-refractivity contribution in [1.82, 2.24) is 14.9 Å². The van der Waals surface area contributed by atoms with Crippen LogP contribution in [-0.2, 0) is 0 Å². The van der Waals surface area contributed by atoms with Gasteiger partial charge in [-0.25, -0.2) is 14.4 Å². The van der Waals surface area contributed by atoms with E-state index in [2.05, 4.69) is 19.8 Å². The van der Waals surface area contributed by atoms with Crippen LogP contribution in [0.4, 0.5) is 10.3 Å². The monoisotopic (exact) mass is 326 g/mol. The number of nitrogens with zero attached hydrogens (tertiary/aromatic N) is 4. The second-order valence-electron chi connectivity index (χ2n) is 7.03. The van der Waals surface area contributed by atoms with Gasteiger partial charge in [0.2, 0.25) is 5.95 Å². The van der Waals surface area contributed by atoms with Crippen LogP contribution in [0.1, 0.15) is 44.6 Å². The van der Waals surface area contributed by atoms with Crippen molar-refractivity contribution < 1.29 is 4.39 Å². The lowest BCUT2D eigenvalue weighted by atomic mass is 9.81. The molecule has 1 aromatic rings. The Morgan fingerprint density at radius 2 is 1.95 bits per heavy atom. The van der Waals surface area contributed by atoms with Crippen LogP contribution < -0.4 is 4.90 Å². The summed E-state index contributed by atoms with van der Waals surface area (Å²) in [6.45, 7) is 7.02. The summed E-state index contributed by atoms with van der Waals surface area (Å²) >= 11 is 6.33. The number of hydrogen-bond acceptors (Lipinski definition) is 4. The Hall–Kier alpha value is -0.940. The zero-order chi connectivity index (χ0) is 15.7. The maximum Gasteiger partial charge on any atom is 0.226 e. The molecular weight excluding hydrogens is 303 g/mol. The Morgan fingerprint density at radius 3 is 2.45 bits per heavy atom. The third-order valence-electron chi connectivity index (χ3n) is 4.56. The normalized spacial score (nSPS) is 21.0. The van der Waals surface area contributed by atoms with E-state index >= 15 is 0 Å². The molecule has 0 radical (unpaired) electrons. The van der Waals surface area contributed by atoms with Gasteiger partial charge in [0.05, 0.1) is 0 Å². The van der Waals surface area contributed by atoms with E-state index in [1.165, 1.54) is 19.3 Å². The van der Waals surface area contributed by atoms with Gasteiger partial charge < -0.3 is 4.90 Å². The molecule has 6 heteroatoms. The lowest BCUT2D eigenvalue weighted by Crippen LogP contribution is -2.50. The first-order valence-corrected chi connectivity index (χ1v) is 8.49. The second-order valence-corrected chi connectivity index (χ2v) is 7.38. The number of anilines is 1. The molecule has 2 heterocycles. The lowest BCUT2D eigenvalue weighted by Gasteiger charge is -2.36. The first-order valence-electron chi connectivity index (χ1n) is 8.11. The highest BCUT2D eigenvalue weighted by Crippen LogP contribution is 2.39. The zero-order valence-electron chi connectivity index (χ0n) is 13.4. The average Bonchev–Trinajstić information content (AvgIpc) is 2.38. The van der Waals surface area contributed by atoms with Crippen molar-refractivity contribution in [2.24, 2.45) is 0 Å². The maximum atomic E-state index is 13.7. The second kappa shape index (κ2) is 6.28. The molecule has 122 valence electrons. The Morgan fingerprint density at radius 1 is 1.27 bits per heavy atom. The maximum absolute atomic E-state index is 13.7. The van der Waals surface area contributed by atoms with Crippen molar-refractivity contribution in [2.75, 3.05) is 37.6 Å². The fourth-order valence-corrected chi connectivity index (χ4v) is 3.42. The van der Waals surface area contributed by atoms with E-state index < -0.39 is 5.67 Å². The predicted octanol–water partition coefficient (Wildman–Crippen LogP) is 3.27. The molecule has 0 spiro atoms. The Kier molecular flexibility index (Phi) is 4.55. The van der Waals surface area contributed by atoms with Crippen LogP contribution in [0.15, 0.2) is 6.20 Å². The van der Waals surface area contributed by atoms with Gasteiger partial charge in [-0.3, -0.25) is 4.90 Å². The summed E-state index contributed by atoms with van der Waals surface area (Å²) in [5.74, 6) is 1.25. The van der Waals surface area contributed by atoms with Crippen LogP contribution in [0.3, 0.4) is 0 Å². The quantitative estimate of drug-likeness (QED) is 0.795. The van der Waals surface area contributed by atoms with Gasteiger partial charge in [0.25, 0.3) is 0 Å². The fourth-order valence-electron chi connectivity index (χ4n) is 3.14. The van der Waals surface area contributed by atoms with Crippen molar-refractivity contribution in [1.29, 1.82) is 0 Å². The standard InChI is InChI=1S/C16H24ClFN4/c1-16(2,18)11-21-6-8-22(9-7-21)15-19-10-13(14(17)20-15)12-4-3-5-12/h10,12H,3-9,11H2,1-2H3. The number of piperazine rings is 1. The van der Waals surface area contributed by atoms with E-state index in [1.807, 2.05) is 6.20 Å². The van der Waals surface area contributed by atoms with Gasteiger partial charge in [0.15, 0.2) is 0 Å². The highest BCUT2D eigenvalue weighted by molar-refractivity contribution is 6.30. The first-order chi connectivity index (χ1) is 10.4. The molecule has 0 aromatic carbocycles. The number of aromatic nitrogens is 2. The van der Waals surface area contributed by atoms with Crippen LogP contribution in [0.5, 0.6) is 0 Å². The van der Waals surface area contributed by atoms with Crippen LogP contribution >= 0.6 is 11.6 Å². The van der Waals surface area contributed by atoms with E-state index in [0.29, 0.717) is 23.6 Å². The smallest absolute Gasteiger partial charge is 0.226 e. The van der Waals surface area contributed by atoms with E-state index in [9.17, 15) is 4.39 Å². The largest absolute Gasteiger partial charge is 0.338 e. The molecule has 4 nitrogen and oxygen atoms in total. The van der Waals surface area contributed by atoms with E-state index in [-0.39, 0.29) is 0 Å². The highest BCUT2D eigenvalue weighted by atomic mass is 35.5. The molecule has 3 rings (SSSR count). The van der Waals surface area contributed by atoms with Crippen molar-refractivity contribution in [3.63, 3.8) is 0 Å². The van der Waals surface area contributed by atoms with Crippen LogP contribution in [0, 0.1) is 0 Å². The summed E-state index contributed by atoms with van der Waals surface area (Å²) in [7, 11) is 0. The van der Waals surface area contributed by atoms with E-state index in [4.69, 9.17) is 11.6 Å². The molecule has 2 fully saturated rings. The molecule has 2 aliphatic rings. The number of hydrogen-bond donors (Lipinski definition) is 0. The minimum absolute atomic E-state index is 0.475. The summed E-state index contributed by atoms with van der Waals surface area (Å²) in [6.07, 6.45) is 5.56. The molecule has 0 unspecified atom stereocenters. The van der Waals surface area contributed by atoms with Gasteiger partial charge in [-0.2, -0.15) is 0 Å². The zero-order valence-corrected chi connectivity index (χ0v) is 14.1. The molecule has 0 N–H and O–H groups in total. The summed E-state index contributed by atoms with van der Waals surface area (Å²) < 4.78 is 13.7. The summed E-state index contributed by atoms with van der Waals surface area (Å²) in [6, 6.07) is 0. The van der Waals surface area contributed by atoms with Crippen LogP contribution in [-0.4, -0.2) is 53.3 Å². The summed E-state index contributed by atoms with van der Waals surface area (Å²) in [5, 5.41) is 0.599. The van der Waals surface area contributed by atoms with Gasteiger partial charge in [-0.1, -0.05) is 18.0 Å². The number of halogens is 2. The molecule has 0 amide bonds.